The van der Waals surface area contributed by atoms with Gasteiger partial charge in [-0.1, -0.05) is 0 Å². The van der Waals surface area contributed by atoms with Crippen LogP contribution in [0.1, 0.15) is 30.6 Å². The van der Waals surface area contributed by atoms with Gasteiger partial charge in [0.2, 0.25) is 10.0 Å². The SMILES string of the molecule is Cc1ccc(S(=O)(=O)N[C@@H]2CCC[C@H](OC(=O)Nc3ccc(F)cc3)C2)s1. The van der Waals surface area contributed by atoms with Gasteiger partial charge < -0.3 is 4.74 Å². The molecule has 0 bridgehead atoms. The van der Waals surface area contributed by atoms with Crippen molar-refractivity contribution in [3.05, 3.63) is 47.1 Å². The average molecular weight is 413 g/mol. The van der Waals surface area contributed by atoms with E-state index in [1.165, 1.54) is 35.6 Å². The lowest BCUT2D eigenvalue weighted by Gasteiger charge is -2.29. The van der Waals surface area contributed by atoms with Crippen molar-refractivity contribution < 1.29 is 22.3 Å². The van der Waals surface area contributed by atoms with E-state index in [0.29, 0.717) is 24.9 Å². The summed E-state index contributed by atoms with van der Waals surface area (Å²) in [7, 11) is -3.57. The zero-order valence-corrected chi connectivity index (χ0v) is 16.4. The molecule has 0 saturated heterocycles. The Hall–Kier alpha value is -1.97. The van der Waals surface area contributed by atoms with Crippen LogP contribution >= 0.6 is 11.3 Å². The Balaban J connectivity index is 1.54. The molecule has 9 heteroatoms. The predicted octanol–water partition coefficient (Wildman–Crippen LogP) is 4.03. The molecule has 3 rings (SSSR count). The number of rotatable bonds is 5. The minimum atomic E-state index is -3.57. The first-order valence-electron chi connectivity index (χ1n) is 8.64. The van der Waals surface area contributed by atoms with Crippen molar-refractivity contribution in [1.29, 1.82) is 0 Å². The molecule has 1 fully saturated rings. The van der Waals surface area contributed by atoms with Crippen molar-refractivity contribution in [3.8, 4) is 0 Å². The second-order valence-corrected chi connectivity index (χ2v) is 9.74. The molecule has 0 aliphatic heterocycles. The van der Waals surface area contributed by atoms with Crippen molar-refractivity contribution in [2.24, 2.45) is 0 Å². The third-order valence-corrected chi connectivity index (χ3v) is 7.31. The molecule has 1 aromatic heterocycles. The topological polar surface area (TPSA) is 84.5 Å². The number of amides is 1. The van der Waals surface area contributed by atoms with Crippen LogP contribution < -0.4 is 10.0 Å². The lowest BCUT2D eigenvalue weighted by Crippen LogP contribution is -2.41. The summed E-state index contributed by atoms with van der Waals surface area (Å²) in [5.41, 5.74) is 0.433. The molecule has 0 unspecified atom stereocenters. The molecule has 1 aliphatic rings. The molecule has 2 atom stereocenters. The van der Waals surface area contributed by atoms with Gasteiger partial charge in [0, 0.05) is 23.0 Å². The maximum Gasteiger partial charge on any atom is 0.411 e. The van der Waals surface area contributed by atoms with E-state index in [1.807, 2.05) is 6.92 Å². The van der Waals surface area contributed by atoms with E-state index >= 15 is 0 Å². The number of carbonyl (C=O) groups excluding carboxylic acids is 1. The third kappa shape index (κ3) is 5.50. The molecule has 0 radical (unpaired) electrons. The average Bonchev–Trinajstić information content (AvgIpc) is 3.04. The van der Waals surface area contributed by atoms with Crippen LogP contribution in [0.25, 0.3) is 0 Å². The van der Waals surface area contributed by atoms with E-state index in [1.54, 1.807) is 12.1 Å². The molecule has 1 aromatic carbocycles. The number of carbonyl (C=O) groups is 1. The zero-order valence-electron chi connectivity index (χ0n) is 14.8. The molecular weight excluding hydrogens is 391 g/mol. The van der Waals surface area contributed by atoms with Gasteiger partial charge >= 0.3 is 6.09 Å². The first kappa shape index (κ1) is 19.8. The van der Waals surface area contributed by atoms with Crippen molar-refractivity contribution >= 4 is 33.1 Å². The fourth-order valence-corrected chi connectivity index (χ4v) is 5.61. The first-order valence-corrected chi connectivity index (χ1v) is 10.9. The quantitative estimate of drug-likeness (QED) is 0.776. The molecule has 6 nitrogen and oxygen atoms in total. The summed E-state index contributed by atoms with van der Waals surface area (Å²) in [5.74, 6) is -0.391. The standard InChI is InChI=1S/C18H21FN2O4S2/c1-12-5-10-17(26-12)27(23,24)21-15-3-2-4-16(11-15)25-18(22)20-14-8-6-13(19)7-9-14/h5-10,15-16,21H,2-4,11H2,1H3,(H,20,22)/t15-,16+/m1/s1. The number of halogens is 1. The van der Waals surface area contributed by atoms with Crippen LogP contribution in [0.15, 0.2) is 40.6 Å². The number of anilines is 1. The van der Waals surface area contributed by atoms with Gasteiger partial charge in [0.25, 0.3) is 0 Å². The predicted molar refractivity (Wildman–Crippen MR) is 102 cm³/mol. The largest absolute Gasteiger partial charge is 0.446 e. The van der Waals surface area contributed by atoms with Crippen molar-refractivity contribution in [2.75, 3.05) is 5.32 Å². The maximum atomic E-state index is 12.9. The van der Waals surface area contributed by atoms with Crippen LogP contribution in [0.3, 0.4) is 0 Å². The molecule has 1 saturated carbocycles. The van der Waals surface area contributed by atoms with Crippen LogP contribution in [0.4, 0.5) is 14.9 Å². The Morgan fingerprint density at radius 1 is 1.19 bits per heavy atom. The highest BCUT2D eigenvalue weighted by Crippen LogP contribution is 2.25. The van der Waals surface area contributed by atoms with Gasteiger partial charge in [0.15, 0.2) is 0 Å². The fourth-order valence-electron chi connectivity index (χ4n) is 3.02. The van der Waals surface area contributed by atoms with E-state index in [2.05, 4.69) is 10.0 Å². The van der Waals surface area contributed by atoms with Crippen molar-refractivity contribution in [3.63, 3.8) is 0 Å². The summed E-state index contributed by atoms with van der Waals surface area (Å²) in [6, 6.07) is 8.45. The highest BCUT2D eigenvalue weighted by Gasteiger charge is 2.29. The van der Waals surface area contributed by atoms with E-state index in [9.17, 15) is 17.6 Å². The highest BCUT2D eigenvalue weighted by atomic mass is 32.2. The Morgan fingerprint density at radius 2 is 1.93 bits per heavy atom. The number of hydrogen-bond donors (Lipinski definition) is 2. The molecule has 2 aromatic rings. The lowest BCUT2D eigenvalue weighted by atomic mass is 9.94. The first-order chi connectivity index (χ1) is 12.8. The summed E-state index contributed by atoms with van der Waals surface area (Å²) >= 11 is 1.22. The minimum Gasteiger partial charge on any atom is -0.446 e. The number of hydrogen-bond acceptors (Lipinski definition) is 5. The van der Waals surface area contributed by atoms with Crippen LogP contribution in [-0.2, 0) is 14.8 Å². The Morgan fingerprint density at radius 3 is 2.59 bits per heavy atom. The Kier molecular flexibility index (Phi) is 6.13. The number of ether oxygens (including phenoxy) is 1. The fraction of sp³-hybridized carbons (Fsp3) is 0.389. The smallest absolute Gasteiger partial charge is 0.411 e. The zero-order chi connectivity index (χ0) is 19.4. The third-order valence-electron chi connectivity index (χ3n) is 4.29. The molecule has 1 amide bonds. The van der Waals surface area contributed by atoms with Crippen molar-refractivity contribution in [2.45, 2.75) is 49.0 Å². The van der Waals surface area contributed by atoms with E-state index < -0.39 is 21.9 Å². The van der Waals surface area contributed by atoms with Gasteiger partial charge in [0.1, 0.15) is 16.1 Å². The molecule has 27 heavy (non-hydrogen) atoms. The second kappa shape index (κ2) is 8.37. The van der Waals surface area contributed by atoms with Gasteiger partial charge in [-0.15, -0.1) is 11.3 Å². The number of aryl methyl sites for hydroxylation is 1. The number of thiophene rings is 1. The summed E-state index contributed by atoms with van der Waals surface area (Å²) in [5, 5.41) is 2.54. The molecule has 1 heterocycles. The van der Waals surface area contributed by atoms with Gasteiger partial charge in [-0.2, -0.15) is 0 Å². The lowest BCUT2D eigenvalue weighted by molar-refractivity contribution is 0.0793. The van der Waals surface area contributed by atoms with Gasteiger partial charge in [-0.05, 0) is 62.6 Å². The molecular formula is C18H21FN2O4S2. The van der Waals surface area contributed by atoms with Crippen LogP contribution in [0.2, 0.25) is 0 Å². The second-order valence-electron chi connectivity index (χ2n) is 6.51. The normalized spacial score (nSPS) is 20.2. The molecule has 146 valence electrons. The Labute approximate surface area is 161 Å². The number of benzene rings is 1. The summed E-state index contributed by atoms with van der Waals surface area (Å²) < 4.78 is 46.2. The van der Waals surface area contributed by atoms with E-state index in [4.69, 9.17) is 4.74 Å². The van der Waals surface area contributed by atoms with Gasteiger partial charge in [-0.3, -0.25) is 5.32 Å². The molecule has 1 aliphatic carbocycles. The van der Waals surface area contributed by atoms with Gasteiger partial charge in [-0.25, -0.2) is 22.3 Å². The molecule has 2 N–H and O–H groups in total. The van der Waals surface area contributed by atoms with Crippen LogP contribution in [0.5, 0.6) is 0 Å². The molecule has 0 spiro atoms. The van der Waals surface area contributed by atoms with E-state index in [-0.39, 0.29) is 16.4 Å². The van der Waals surface area contributed by atoms with Crippen molar-refractivity contribution in [1.82, 2.24) is 4.72 Å². The maximum absolute atomic E-state index is 12.9. The van der Waals surface area contributed by atoms with Crippen LogP contribution in [0, 0.1) is 12.7 Å². The van der Waals surface area contributed by atoms with Crippen LogP contribution in [-0.4, -0.2) is 26.7 Å². The highest BCUT2D eigenvalue weighted by molar-refractivity contribution is 7.91. The number of sulfonamides is 1. The summed E-state index contributed by atoms with van der Waals surface area (Å²) in [6.45, 7) is 1.86. The van der Waals surface area contributed by atoms with Gasteiger partial charge in [0.05, 0.1) is 0 Å². The monoisotopic (exact) mass is 412 g/mol. The summed E-state index contributed by atoms with van der Waals surface area (Å²) in [4.78, 5) is 12.9. The Bertz CT molecular complexity index is 896. The summed E-state index contributed by atoms with van der Waals surface area (Å²) in [6.07, 6.45) is 1.53. The number of nitrogens with one attached hydrogen (secondary N) is 2. The minimum absolute atomic E-state index is 0.283. The van der Waals surface area contributed by atoms with E-state index in [0.717, 1.165) is 11.3 Å².